The summed E-state index contributed by atoms with van der Waals surface area (Å²) in [5, 5.41) is 17.1. The Morgan fingerprint density at radius 2 is 1.86 bits per heavy atom. The van der Waals surface area contributed by atoms with Crippen LogP contribution in [-0.4, -0.2) is 54.4 Å². The highest BCUT2D eigenvalue weighted by Crippen LogP contribution is 2.13. The van der Waals surface area contributed by atoms with Gasteiger partial charge in [0.05, 0.1) is 4.92 Å². The summed E-state index contributed by atoms with van der Waals surface area (Å²) < 4.78 is 0. The first-order valence-corrected chi connectivity index (χ1v) is 9.63. The maximum absolute atomic E-state index is 12.1. The average molecular weight is 503 g/mol. The van der Waals surface area contributed by atoms with Crippen LogP contribution in [0, 0.1) is 10.1 Å². The van der Waals surface area contributed by atoms with Gasteiger partial charge in [0.2, 0.25) is 5.91 Å². The second-order valence-corrected chi connectivity index (χ2v) is 6.59. The van der Waals surface area contributed by atoms with Crippen molar-refractivity contribution in [1.29, 1.82) is 0 Å². The van der Waals surface area contributed by atoms with E-state index in [-0.39, 0.29) is 47.0 Å². The number of hydrogen-bond donors (Lipinski definition) is 2. The van der Waals surface area contributed by atoms with E-state index in [0.29, 0.717) is 5.96 Å². The molecule has 0 radical (unpaired) electrons. The molecule has 0 bridgehead atoms. The third kappa shape index (κ3) is 8.41. The number of amides is 1. The van der Waals surface area contributed by atoms with Gasteiger partial charge in [-0.3, -0.25) is 14.9 Å². The lowest BCUT2D eigenvalue weighted by Gasteiger charge is -2.15. The van der Waals surface area contributed by atoms with Crippen LogP contribution in [0.3, 0.4) is 0 Å². The maximum atomic E-state index is 12.1. The first-order valence-electron chi connectivity index (χ1n) is 9.63. The molecule has 1 aromatic carbocycles. The van der Waals surface area contributed by atoms with Crippen molar-refractivity contribution in [3.8, 4) is 0 Å². The Kier molecular flexibility index (Phi) is 11.5. The van der Waals surface area contributed by atoms with E-state index in [1.54, 1.807) is 24.3 Å². The molecule has 156 valence electrons. The summed E-state index contributed by atoms with van der Waals surface area (Å²) in [6.45, 7) is 5.37. The highest BCUT2D eigenvalue weighted by Gasteiger charge is 2.17. The lowest BCUT2D eigenvalue weighted by Crippen LogP contribution is -2.39. The van der Waals surface area contributed by atoms with Crippen molar-refractivity contribution in [2.24, 2.45) is 4.99 Å². The molecule has 1 amide bonds. The van der Waals surface area contributed by atoms with Crippen molar-refractivity contribution < 1.29 is 9.72 Å². The standard InChI is InChI=1S/C19H29N5O3.HI/c1-2-20-19(22-15-18(25)23-13-5-6-14-23)21-12-4-3-7-16-8-10-17(11-9-16)24(26)27;/h8-11H,2-7,12-15H2,1H3,(H2,20,21,22);1H. The number of unbranched alkanes of at least 4 members (excludes halogenated alkanes) is 1. The summed E-state index contributed by atoms with van der Waals surface area (Å²) in [4.78, 5) is 28.6. The summed E-state index contributed by atoms with van der Waals surface area (Å²) in [5.74, 6) is 0.753. The zero-order chi connectivity index (χ0) is 19.5. The predicted molar refractivity (Wildman–Crippen MR) is 121 cm³/mol. The van der Waals surface area contributed by atoms with Gasteiger partial charge in [0, 0.05) is 38.3 Å². The minimum Gasteiger partial charge on any atom is -0.357 e. The van der Waals surface area contributed by atoms with E-state index in [0.717, 1.165) is 63.8 Å². The summed E-state index contributed by atoms with van der Waals surface area (Å²) in [6.07, 6.45) is 4.96. The van der Waals surface area contributed by atoms with Gasteiger partial charge >= 0.3 is 0 Å². The lowest BCUT2D eigenvalue weighted by atomic mass is 10.1. The van der Waals surface area contributed by atoms with Crippen LogP contribution in [0.1, 0.15) is 38.2 Å². The Morgan fingerprint density at radius 1 is 1.18 bits per heavy atom. The highest BCUT2D eigenvalue weighted by atomic mass is 127. The van der Waals surface area contributed by atoms with Crippen LogP contribution in [0.4, 0.5) is 5.69 Å². The van der Waals surface area contributed by atoms with E-state index in [1.807, 2.05) is 11.8 Å². The zero-order valence-corrected chi connectivity index (χ0v) is 18.7. The van der Waals surface area contributed by atoms with Crippen molar-refractivity contribution >= 4 is 41.5 Å². The van der Waals surface area contributed by atoms with E-state index in [2.05, 4.69) is 15.6 Å². The number of non-ortho nitro benzene ring substituents is 1. The van der Waals surface area contributed by atoms with Crippen LogP contribution in [-0.2, 0) is 11.2 Å². The topological polar surface area (TPSA) is 99.9 Å². The van der Waals surface area contributed by atoms with Gasteiger partial charge in [-0.1, -0.05) is 12.1 Å². The van der Waals surface area contributed by atoms with E-state index in [9.17, 15) is 14.9 Å². The average Bonchev–Trinajstić information content (AvgIpc) is 3.20. The summed E-state index contributed by atoms with van der Waals surface area (Å²) in [6, 6.07) is 6.70. The smallest absolute Gasteiger partial charge is 0.269 e. The van der Waals surface area contributed by atoms with Crippen molar-refractivity contribution in [3.05, 3.63) is 39.9 Å². The van der Waals surface area contributed by atoms with Crippen LogP contribution >= 0.6 is 24.0 Å². The van der Waals surface area contributed by atoms with Gasteiger partial charge in [-0.2, -0.15) is 0 Å². The Bertz CT molecular complexity index is 645. The van der Waals surface area contributed by atoms with E-state index < -0.39 is 0 Å². The number of carbonyl (C=O) groups excluding carboxylic acids is 1. The summed E-state index contributed by atoms with van der Waals surface area (Å²) in [5.41, 5.74) is 1.22. The molecule has 0 aromatic heterocycles. The number of nitrogens with zero attached hydrogens (tertiary/aromatic N) is 3. The van der Waals surface area contributed by atoms with Crippen LogP contribution < -0.4 is 10.6 Å². The fourth-order valence-electron chi connectivity index (χ4n) is 3.00. The Labute approximate surface area is 183 Å². The normalized spacial score (nSPS) is 13.8. The Hall–Kier alpha value is -1.91. The van der Waals surface area contributed by atoms with Crippen molar-refractivity contribution in [2.75, 3.05) is 32.7 Å². The molecule has 8 nitrogen and oxygen atoms in total. The zero-order valence-electron chi connectivity index (χ0n) is 16.4. The first-order chi connectivity index (χ1) is 13.1. The van der Waals surface area contributed by atoms with Gasteiger partial charge in [0.1, 0.15) is 6.54 Å². The monoisotopic (exact) mass is 503 g/mol. The number of benzene rings is 1. The largest absolute Gasteiger partial charge is 0.357 e. The van der Waals surface area contributed by atoms with Crippen LogP contribution in [0.15, 0.2) is 29.3 Å². The van der Waals surface area contributed by atoms with Crippen LogP contribution in [0.25, 0.3) is 0 Å². The molecule has 2 N–H and O–H groups in total. The molecule has 1 aromatic rings. The van der Waals surface area contributed by atoms with E-state index in [1.165, 1.54) is 0 Å². The molecule has 1 aliphatic heterocycles. The minimum absolute atomic E-state index is 0. The molecule has 1 heterocycles. The predicted octanol–water partition coefficient (Wildman–Crippen LogP) is 2.71. The molecule has 2 rings (SSSR count). The third-order valence-electron chi connectivity index (χ3n) is 4.51. The number of hydrogen-bond acceptors (Lipinski definition) is 4. The molecule has 0 unspecified atom stereocenters. The highest BCUT2D eigenvalue weighted by molar-refractivity contribution is 14.0. The Balaban J connectivity index is 0.00000392. The molecule has 0 saturated carbocycles. The second-order valence-electron chi connectivity index (χ2n) is 6.59. The number of guanidine groups is 1. The minimum atomic E-state index is -0.385. The van der Waals surface area contributed by atoms with Gasteiger partial charge in [-0.05, 0) is 44.6 Å². The van der Waals surface area contributed by atoms with Gasteiger partial charge in [-0.15, -0.1) is 24.0 Å². The van der Waals surface area contributed by atoms with Crippen molar-refractivity contribution in [1.82, 2.24) is 15.5 Å². The van der Waals surface area contributed by atoms with Gasteiger partial charge in [0.25, 0.3) is 5.69 Å². The molecule has 0 spiro atoms. The molecule has 0 aliphatic carbocycles. The number of nitrogens with one attached hydrogen (secondary N) is 2. The second kappa shape index (κ2) is 13.3. The molecule has 1 aliphatic rings. The molecular formula is C19H30IN5O3. The summed E-state index contributed by atoms with van der Waals surface area (Å²) >= 11 is 0. The van der Waals surface area contributed by atoms with E-state index in [4.69, 9.17) is 0 Å². The van der Waals surface area contributed by atoms with Gasteiger partial charge < -0.3 is 15.5 Å². The number of nitro groups is 1. The van der Waals surface area contributed by atoms with Crippen molar-refractivity contribution in [3.63, 3.8) is 0 Å². The van der Waals surface area contributed by atoms with Crippen LogP contribution in [0.2, 0.25) is 0 Å². The van der Waals surface area contributed by atoms with Crippen molar-refractivity contribution in [2.45, 2.75) is 39.0 Å². The number of likely N-dealkylation sites (tertiary alicyclic amines) is 1. The van der Waals surface area contributed by atoms with E-state index >= 15 is 0 Å². The third-order valence-corrected chi connectivity index (χ3v) is 4.51. The molecule has 1 saturated heterocycles. The number of halogens is 1. The fraction of sp³-hybridized carbons (Fsp3) is 0.579. The number of aliphatic imine (C=N–C) groups is 1. The molecular weight excluding hydrogens is 473 g/mol. The number of nitro benzene ring substituents is 1. The first kappa shape index (κ1) is 24.1. The molecule has 0 atom stereocenters. The maximum Gasteiger partial charge on any atom is 0.269 e. The number of carbonyl (C=O) groups is 1. The van der Waals surface area contributed by atoms with Gasteiger partial charge in [-0.25, -0.2) is 4.99 Å². The molecule has 28 heavy (non-hydrogen) atoms. The van der Waals surface area contributed by atoms with Crippen LogP contribution in [0.5, 0.6) is 0 Å². The van der Waals surface area contributed by atoms with Gasteiger partial charge in [0.15, 0.2) is 5.96 Å². The molecule has 9 heteroatoms. The number of aryl methyl sites for hydroxylation is 1. The Morgan fingerprint density at radius 3 is 2.46 bits per heavy atom. The quantitative estimate of drug-likeness (QED) is 0.135. The number of rotatable bonds is 9. The SMILES string of the molecule is CCNC(=NCC(=O)N1CCCC1)NCCCCc1ccc([N+](=O)[O-])cc1.I. The fourth-order valence-corrected chi connectivity index (χ4v) is 3.00. The lowest BCUT2D eigenvalue weighted by molar-refractivity contribution is -0.384. The summed E-state index contributed by atoms with van der Waals surface area (Å²) in [7, 11) is 0. The molecule has 1 fully saturated rings.